The van der Waals surface area contributed by atoms with Gasteiger partial charge in [-0.2, -0.15) is 0 Å². The topological polar surface area (TPSA) is 50.3 Å². The number of benzene rings is 2. The third-order valence-corrected chi connectivity index (χ3v) is 6.55. The van der Waals surface area contributed by atoms with Crippen molar-refractivity contribution < 1.29 is 9.59 Å². The van der Waals surface area contributed by atoms with E-state index in [2.05, 4.69) is 4.98 Å². The maximum absolute atomic E-state index is 12.7. The molecule has 0 bridgehead atoms. The zero-order valence-corrected chi connectivity index (χ0v) is 17.4. The molecular formula is C20H12Cl2N2O2S2. The molecule has 8 heteroatoms. The Morgan fingerprint density at radius 1 is 1.00 bits per heavy atom. The van der Waals surface area contributed by atoms with Crippen molar-refractivity contribution in [1.82, 2.24) is 9.88 Å². The summed E-state index contributed by atoms with van der Waals surface area (Å²) < 4.78 is 0. The number of carbonyl (C=O) groups excluding carboxylic acids is 2. The van der Waals surface area contributed by atoms with Crippen LogP contribution in [0.5, 0.6) is 0 Å². The molecule has 3 aromatic rings. The maximum atomic E-state index is 12.7. The van der Waals surface area contributed by atoms with Crippen molar-refractivity contribution in [3.05, 3.63) is 80.1 Å². The van der Waals surface area contributed by atoms with E-state index < -0.39 is 0 Å². The minimum Gasteiger partial charge on any atom is -0.268 e. The Bertz CT molecular complexity index is 1080. The van der Waals surface area contributed by atoms with Crippen LogP contribution in [0.3, 0.4) is 0 Å². The van der Waals surface area contributed by atoms with Crippen LogP contribution in [0.25, 0.3) is 16.6 Å². The first-order valence-corrected chi connectivity index (χ1v) is 10.7. The van der Waals surface area contributed by atoms with Crippen LogP contribution in [0.1, 0.15) is 11.3 Å². The second-order valence-corrected chi connectivity index (χ2v) is 8.58. The van der Waals surface area contributed by atoms with Gasteiger partial charge in [-0.1, -0.05) is 59.6 Å². The van der Waals surface area contributed by atoms with E-state index in [0.717, 1.165) is 22.3 Å². The maximum Gasteiger partial charge on any atom is 0.293 e. The van der Waals surface area contributed by atoms with E-state index >= 15 is 0 Å². The van der Waals surface area contributed by atoms with E-state index in [1.165, 1.54) is 16.2 Å². The van der Waals surface area contributed by atoms with Gasteiger partial charge in [0.15, 0.2) is 0 Å². The fourth-order valence-corrected chi connectivity index (χ4v) is 4.81. The molecule has 1 saturated heterocycles. The minimum atomic E-state index is -0.375. The van der Waals surface area contributed by atoms with E-state index in [1.807, 2.05) is 35.7 Å². The second-order valence-electron chi connectivity index (χ2n) is 5.91. The zero-order valence-electron chi connectivity index (χ0n) is 14.3. The number of amides is 2. The molecule has 2 amide bonds. The van der Waals surface area contributed by atoms with Crippen LogP contribution in [0.2, 0.25) is 10.0 Å². The van der Waals surface area contributed by atoms with Crippen molar-refractivity contribution in [3.8, 4) is 10.6 Å². The van der Waals surface area contributed by atoms with Crippen LogP contribution in [0.4, 0.5) is 4.79 Å². The SMILES string of the molecule is O=C1S/C(=C/c2c(Cl)cccc2Cl)C(=O)N1Cc1csc(-c2ccccc2)n1. The third kappa shape index (κ3) is 3.86. The van der Waals surface area contributed by atoms with Crippen molar-refractivity contribution in [2.45, 2.75) is 6.54 Å². The van der Waals surface area contributed by atoms with Crippen molar-refractivity contribution in [1.29, 1.82) is 0 Å². The summed E-state index contributed by atoms with van der Waals surface area (Å²) in [6, 6.07) is 14.9. The monoisotopic (exact) mass is 446 g/mol. The number of rotatable bonds is 4. The van der Waals surface area contributed by atoms with Gasteiger partial charge in [0.25, 0.3) is 11.1 Å². The molecule has 2 aromatic carbocycles. The summed E-state index contributed by atoms with van der Waals surface area (Å²) in [5.41, 5.74) is 2.20. The van der Waals surface area contributed by atoms with Crippen LogP contribution >= 0.6 is 46.3 Å². The number of aromatic nitrogens is 1. The van der Waals surface area contributed by atoms with Gasteiger partial charge in [-0.05, 0) is 30.0 Å². The number of thioether (sulfide) groups is 1. The lowest BCUT2D eigenvalue weighted by molar-refractivity contribution is -0.123. The average Bonchev–Trinajstić information content (AvgIpc) is 3.26. The first kappa shape index (κ1) is 19.2. The lowest BCUT2D eigenvalue weighted by atomic mass is 10.2. The molecule has 1 fully saturated rings. The van der Waals surface area contributed by atoms with Crippen LogP contribution in [-0.4, -0.2) is 21.0 Å². The van der Waals surface area contributed by atoms with E-state index in [9.17, 15) is 9.59 Å². The zero-order chi connectivity index (χ0) is 19.7. The summed E-state index contributed by atoms with van der Waals surface area (Å²) in [7, 11) is 0. The van der Waals surface area contributed by atoms with Gasteiger partial charge in [0, 0.05) is 26.6 Å². The van der Waals surface area contributed by atoms with Crippen LogP contribution in [0, 0.1) is 0 Å². The Hall–Kier alpha value is -2.12. The molecule has 4 rings (SSSR count). The molecule has 0 N–H and O–H groups in total. The van der Waals surface area contributed by atoms with Gasteiger partial charge in [-0.15, -0.1) is 11.3 Å². The van der Waals surface area contributed by atoms with E-state index in [-0.39, 0.29) is 17.7 Å². The van der Waals surface area contributed by atoms with Gasteiger partial charge in [-0.25, -0.2) is 4.98 Å². The summed E-state index contributed by atoms with van der Waals surface area (Å²) in [6.45, 7) is 0.127. The first-order valence-electron chi connectivity index (χ1n) is 8.22. The Labute approximate surface area is 179 Å². The second kappa shape index (κ2) is 8.09. The van der Waals surface area contributed by atoms with E-state index in [1.54, 1.807) is 24.3 Å². The highest BCUT2D eigenvalue weighted by Gasteiger charge is 2.35. The molecule has 0 saturated carbocycles. The number of thiazole rings is 1. The third-order valence-electron chi connectivity index (χ3n) is 4.04. The molecule has 0 unspecified atom stereocenters. The van der Waals surface area contributed by atoms with Gasteiger partial charge in [-0.3, -0.25) is 14.5 Å². The summed E-state index contributed by atoms with van der Waals surface area (Å²) in [5, 5.41) is 3.22. The summed E-state index contributed by atoms with van der Waals surface area (Å²) >= 11 is 14.7. The van der Waals surface area contributed by atoms with Crippen molar-refractivity contribution >= 4 is 63.5 Å². The molecular weight excluding hydrogens is 435 g/mol. The van der Waals surface area contributed by atoms with Crippen LogP contribution in [-0.2, 0) is 11.3 Å². The molecule has 1 aromatic heterocycles. The fourth-order valence-electron chi connectivity index (χ4n) is 2.67. The summed E-state index contributed by atoms with van der Waals surface area (Å²) in [4.78, 5) is 31.1. The van der Waals surface area contributed by atoms with Crippen LogP contribution in [0.15, 0.2) is 58.8 Å². The largest absolute Gasteiger partial charge is 0.293 e. The number of hydrogen-bond donors (Lipinski definition) is 0. The molecule has 140 valence electrons. The molecule has 0 atom stereocenters. The number of imide groups is 1. The van der Waals surface area contributed by atoms with Crippen molar-refractivity contribution in [2.24, 2.45) is 0 Å². The minimum absolute atomic E-state index is 0.127. The van der Waals surface area contributed by atoms with Crippen molar-refractivity contribution in [3.63, 3.8) is 0 Å². The highest BCUT2D eigenvalue weighted by atomic mass is 35.5. The Morgan fingerprint density at radius 2 is 1.71 bits per heavy atom. The smallest absolute Gasteiger partial charge is 0.268 e. The van der Waals surface area contributed by atoms with Crippen molar-refractivity contribution in [2.75, 3.05) is 0 Å². The van der Waals surface area contributed by atoms with Gasteiger partial charge < -0.3 is 0 Å². The molecule has 4 nitrogen and oxygen atoms in total. The lowest BCUT2D eigenvalue weighted by Crippen LogP contribution is -2.27. The normalized spacial score (nSPS) is 15.6. The van der Waals surface area contributed by atoms with Gasteiger partial charge in [0.2, 0.25) is 0 Å². The van der Waals surface area contributed by atoms with E-state index in [4.69, 9.17) is 23.2 Å². The number of halogens is 2. The van der Waals surface area contributed by atoms with Crippen LogP contribution < -0.4 is 0 Å². The summed E-state index contributed by atoms with van der Waals surface area (Å²) in [5.74, 6) is -0.375. The molecule has 0 radical (unpaired) electrons. The quantitative estimate of drug-likeness (QED) is 0.437. The van der Waals surface area contributed by atoms with Gasteiger partial charge in [0.1, 0.15) is 5.01 Å². The molecule has 1 aliphatic rings. The molecule has 2 heterocycles. The molecule has 0 spiro atoms. The molecule has 28 heavy (non-hydrogen) atoms. The predicted octanol–water partition coefficient (Wildman–Crippen LogP) is 6.35. The lowest BCUT2D eigenvalue weighted by Gasteiger charge is -2.10. The highest BCUT2D eigenvalue weighted by molar-refractivity contribution is 8.18. The molecule has 1 aliphatic heterocycles. The van der Waals surface area contributed by atoms with Gasteiger partial charge in [0.05, 0.1) is 17.1 Å². The standard InChI is InChI=1S/C20H12Cl2N2O2S2/c21-15-7-4-8-16(22)14(15)9-17-19(25)24(20(26)28-17)10-13-11-27-18(23-13)12-5-2-1-3-6-12/h1-9,11H,10H2/b17-9+. The van der Waals surface area contributed by atoms with Gasteiger partial charge >= 0.3 is 0 Å². The number of carbonyl (C=O) groups is 2. The fraction of sp³-hybridized carbons (Fsp3) is 0.0500. The predicted molar refractivity (Wildman–Crippen MR) is 116 cm³/mol. The Balaban J connectivity index is 1.55. The highest BCUT2D eigenvalue weighted by Crippen LogP contribution is 2.36. The molecule has 0 aliphatic carbocycles. The Morgan fingerprint density at radius 3 is 2.43 bits per heavy atom. The number of hydrogen-bond acceptors (Lipinski definition) is 5. The Kier molecular flexibility index (Phi) is 5.55. The number of nitrogens with zero attached hydrogens (tertiary/aromatic N) is 2. The first-order chi connectivity index (χ1) is 13.5. The summed E-state index contributed by atoms with van der Waals surface area (Å²) in [6.07, 6.45) is 1.56. The average molecular weight is 447 g/mol. The van der Waals surface area contributed by atoms with E-state index in [0.29, 0.717) is 26.2 Å².